The highest BCUT2D eigenvalue weighted by molar-refractivity contribution is 9.10. The minimum Gasteiger partial charge on any atom is -0.325 e. The molecule has 0 saturated carbocycles. The summed E-state index contributed by atoms with van der Waals surface area (Å²) in [5.74, 6) is 0.00770. The Bertz CT molecular complexity index is 653. The molecule has 0 atom stereocenters. The summed E-state index contributed by atoms with van der Waals surface area (Å²) >= 11 is 3.42. The Morgan fingerprint density at radius 3 is 2.50 bits per heavy atom. The van der Waals surface area contributed by atoms with E-state index in [0.29, 0.717) is 6.54 Å². The monoisotopic (exact) mass is 360 g/mol. The van der Waals surface area contributed by atoms with Gasteiger partial charge in [-0.1, -0.05) is 40.2 Å². The number of rotatable bonds is 5. The minimum absolute atomic E-state index is 0.00770. The van der Waals surface area contributed by atoms with Gasteiger partial charge < -0.3 is 5.32 Å². The van der Waals surface area contributed by atoms with E-state index in [-0.39, 0.29) is 5.91 Å². The van der Waals surface area contributed by atoms with E-state index in [0.717, 1.165) is 22.3 Å². The van der Waals surface area contributed by atoms with Gasteiger partial charge in [0.1, 0.15) is 0 Å². The molecule has 0 bridgehead atoms. The second-order valence-corrected chi connectivity index (χ2v) is 6.51. The van der Waals surface area contributed by atoms with Gasteiger partial charge >= 0.3 is 0 Å². The van der Waals surface area contributed by atoms with Crippen LogP contribution in [0.3, 0.4) is 0 Å². The van der Waals surface area contributed by atoms with E-state index in [4.69, 9.17) is 0 Å². The maximum absolute atomic E-state index is 12.2. The first kappa shape index (κ1) is 16.7. The van der Waals surface area contributed by atoms with Crippen LogP contribution in [0.4, 0.5) is 5.69 Å². The standard InChI is InChI=1S/C18H21BrN2O/c1-13-5-4-6-17(14(13)2)20-18(22)12-21(3)11-15-7-9-16(19)10-8-15/h4-10H,11-12H2,1-3H3,(H,20,22). The molecule has 1 amide bonds. The fourth-order valence-electron chi connectivity index (χ4n) is 2.28. The number of anilines is 1. The van der Waals surface area contributed by atoms with Gasteiger partial charge in [0.15, 0.2) is 0 Å². The van der Waals surface area contributed by atoms with E-state index in [1.807, 2.05) is 56.1 Å². The molecule has 0 aromatic heterocycles. The van der Waals surface area contributed by atoms with Gasteiger partial charge in [0, 0.05) is 16.7 Å². The second-order valence-electron chi connectivity index (χ2n) is 5.59. The Labute approximate surface area is 140 Å². The van der Waals surface area contributed by atoms with E-state index in [1.54, 1.807) is 0 Å². The SMILES string of the molecule is Cc1cccc(NC(=O)CN(C)Cc2ccc(Br)cc2)c1C. The third kappa shape index (κ3) is 4.68. The van der Waals surface area contributed by atoms with Gasteiger partial charge in [0.2, 0.25) is 5.91 Å². The number of carbonyl (C=O) groups excluding carboxylic acids is 1. The summed E-state index contributed by atoms with van der Waals surface area (Å²) in [6.07, 6.45) is 0. The van der Waals surface area contributed by atoms with Crippen LogP contribution >= 0.6 is 15.9 Å². The third-order valence-corrected chi connectivity index (χ3v) is 4.19. The number of hydrogen-bond donors (Lipinski definition) is 1. The highest BCUT2D eigenvalue weighted by Gasteiger charge is 2.09. The molecule has 0 aliphatic heterocycles. The van der Waals surface area contributed by atoms with Crippen molar-refractivity contribution in [2.75, 3.05) is 18.9 Å². The molecule has 0 aliphatic rings. The van der Waals surface area contributed by atoms with Crippen LogP contribution in [-0.2, 0) is 11.3 Å². The molecule has 2 rings (SSSR count). The molecular weight excluding hydrogens is 340 g/mol. The van der Waals surface area contributed by atoms with Crippen molar-refractivity contribution < 1.29 is 4.79 Å². The summed E-state index contributed by atoms with van der Waals surface area (Å²) in [6, 6.07) is 14.1. The highest BCUT2D eigenvalue weighted by atomic mass is 79.9. The number of benzene rings is 2. The fourth-order valence-corrected chi connectivity index (χ4v) is 2.54. The first-order valence-corrected chi connectivity index (χ1v) is 8.04. The van der Waals surface area contributed by atoms with Crippen LogP contribution in [-0.4, -0.2) is 24.4 Å². The van der Waals surface area contributed by atoms with Gasteiger partial charge in [0.05, 0.1) is 6.54 Å². The Hall–Kier alpha value is -1.65. The van der Waals surface area contributed by atoms with Crippen molar-refractivity contribution >= 4 is 27.5 Å². The van der Waals surface area contributed by atoms with Crippen molar-refractivity contribution in [3.63, 3.8) is 0 Å². The van der Waals surface area contributed by atoms with Gasteiger partial charge in [-0.25, -0.2) is 0 Å². The molecule has 22 heavy (non-hydrogen) atoms. The van der Waals surface area contributed by atoms with Crippen LogP contribution in [0, 0.1) is 13.8 Å². The molecule has 2 aromatic rings. The van der Waals surface area contributed by atoms with Gasteiger partial charge in [-0.15, -0.1) is 0 Å². The predicted octanol–water partition coefficient (Wildman–Crippen LogP) is 4.14. The van der Waals surface area contributed by atoms with Gasteiger partial charge in [-0.3, -0.25) is 9.69 Å². The zero-order chi connectivity index (χ0) is 16.1. The lowest BCUT2D eigenvalue weighted by atomic mass is 10.1. The molecule has 4 heteroatoms. The number of nitrogens with zero attached hydrogens (tertiary/aromatic N) is 1. The van der Waals surface area contributed by atoms with Crippen molar-refractivity contribution in [2.24, 2.45) is 0 Å². The Morgan fingerprint density at radius 2 is 1.82 bits per heavy atom. The molecule has 0 fully saturated rings. The minimum atomic E-state index is 0.00770. The van der Waals surface area contributed by atoms with Crippen molar-refractivity contribution in [2.45, 2.75) is 20.4 Å². The molecule has 3 nitrogen and oxygen atoms in total. The van der Waals surface area contributed by atoms with Crippen LogP contribution in [0.5, 0.6) is 0 Å². The number of nitrogens with one attached hydrogen (secondary N) is 1. The van der Waals surface area contributed by atoms with Crippen LogP contribution in [0.25, 0.3) is 0 Å². The molecule has 0 unspecified atom stereocenters. The number of likely N-dealkylation sites (N-methyl/N-ethyl adjacent to an activating group) is 1. The van der Waals surface area contributed by atoms with Gasteiger partial charge in [-0.2, -0.15) is 0 Å². The first-order valence-electron chi connectivity index (χ1n) is 7.25. The smallest absolute Gasteiger partial charge is 0.238 e. The second kappa shape index (κ2) is 7.56. The number of halogens is 1. The highest BCUT2D eigenvalue weighted by Crippen LogP contribution is 2.18. The third-order valence-electron chi connectivity index (χ3n) is 3.66. The van der Waals surface area contributed by atoms with Crippen molar-refractivity contribution in [1.29, 1.82) is 0 Å². The number of amides is 1. The molecule has 0 heterocycles. The van der Waals surface area contributed by atoms with E-state index < -0.39 is 0 Å². The zero-order valence-electron chi connectivity index (χ0n) is 13.2. The molecule has 0 spiro atoms. The summed E-state index contributed by atoms with van der Waals surface area (Å²) in [6.45, 7) is 5.18. The number of hydrogen-bond acceptors (Lipinski definition) is 2. The van der Waals surface area contributed by atoms with Crippen molar-refractivity contribution in [3.05, 3.63) is 63.6 Å². The lowest BCUT2D eigenvalue weighted by molar-refractivity contribution is -0.117. The Balaban J connectivity index is 1.91. The number of carbonyl (C=O) groups is 1. The maximum Gasteiger partial charge on any atom is 0.238 e. The summed E-state index contributed by atoms with van der Waals surface area (Å²) in [4.78, 5) is 14.2. The molecule has 0 saturated heterocycles. The average molecular weight is 361 g/mol. The van der Waals surface area contributed by atoms with E-state index in [2.05, 4.69) is 33.4 Å². The van der Waals surface area contributed by atoms with E-state index in [9.17, 15) is 4.79 Å². The van der Waals surface area contributed by atoms with Gasteiger partial charge in [0.25, 0.3) is 0 Å². The van der Waals surface area contributed by atoms with E-state index in [1.165, 1.54) is 11.1 Å². The molecular formula is C18H21BrN2O. The lowest BCUT2D eigenvalue weighted by Gasteiger charge is -2.17. The lowest BCUT2D eigenvalue weighted by Crippen LogP contribution is -2.30. The van der Waals surface area contributed by atoms with E-state index >= 15 is 0 Å². The molecule has 2 aromatic carbocycles. The Kier molecular flexibility index (Phi) is 5.75. The summed E-state index contributed by atoms with van der Waals surface area (Å²) < 4.78 is 1.06. The molecule has 0 aliphatic carbocycles. The van der Waals surface area contributed by atoms with Crippen molar-refractivity contribution in [1.82, 2.24) is 4.90 Å². The van der Waals surface area contributed by atoms with Crippen LogP contribution in [0.2, 0.25) is 0 Å². The summed E-state index contributed by atoms with van der Waals surface area (Å²) in [5, 5.41) is 2.99. The quantitative estimate of drug-likeness (QED) is 0.868. The van der Waals surface area contributed by atoms with Gasteiger partial charge in [-0.05, 0) is 55.8 Å². The summed E-state index contributed by atoms with van der Waals surface area (Å²) in [5.41, 5.74) is 4.37. The zero-order valence-corrected chi connectivity index (χ0v) is 14.8. The van der Waals surface area contributed by atoms with Crippen LogP contribution in [0.1, 0.15) is 16.7 Å². The normalized spacial score (nSPS) is 10.8. The van der Waals surface area contributed by atoms with Crippen LogP contribution in [0.15, 0.2) is 46.9 Å². The summed E-state index contributed by atoms with van der Waals surface area (Å²) in [7, 11) is 1.95. The average Bonchev–Trinajstić information content (AvgIpc) is 2.46. The Morgan fingerprint density at radius 1 is 1.14 bits per heavy atom. The number of aryl methyl sites for hydroxylation is 1. The molecule has 1 N–H and O–H groups in total. The maximum atomic E-state index is 12.2. The van der Waals surface area contributed by atoms with Crippen LogP contribution < -0.4 is 5.32 Å². The topological polar surface area (TPSA) is 32.3 Å². The van der Waals surface area contributed by atoms with Crippen molar-refractivity contribution in [3.8, 4) is 0 Å². The largest absolute Gasteiger partial charge is 0.325 e. The predicted molar refractivity (Wildman–Crippen MR) is 95.0 cm³/mol. The first-order chi connectivity index (χ1) is 10.5. The molecule has 0 radical (unpaired) electrons. The molecule has 116 valence electrons. The fraction of sp³-hybridized carbons (Fsp3) is 0.278.